The van der Waals surface area contributed by atoms with Gasteiger partial charge in [-0.2, -0.15) is 0 Å². The molecule has 0 aromatic carbocycles. The molecule has 1 saturated heterocycles. The van der Waals surface area contributed by atoms with Gasteiger partial charge in [0.25, 0.3) is 5.69 Å². The van der Waals surface area contributed by atoms with E-state index in [4.69, 9.17) is 4.74 Å². The van der Waals surface area contributed by atoms with Crippen LogP contribution < -0.4 is 10.1 Å². The number of hydrogen-bond donors (Lipinski definition) is 1. The third kappa shape index (κ3) is 3.39. The highest BCUT2D eigenvalue weighted by atomic mass is 16.6. The maximum Gasteiger partial charge on any atom is 0.276 e. The monoisotopic (exact) mass is 237 g/mol. The summed E-state index contributed by atoms with van der Waals surface area (Å²) < 4.78 is 5.49. The average Bonchev–Trinajstić information content (AvgIpc) is 2.38. The molecule has 1 aromatic heterocycles. The molecule has 6 nitrogen and oxygen atoms in total. The summed E-state index contributed by atoms with van der Waals surface area (Å²) in [5.74, 6) is 0.843. The molecular weight excluding hydrogens is 222 g/mol. The summed E-state index contributed by atoms with van der Waals surface area (Å²) >= 11 is 0. The highest BCUT2D eigenvalue weighted by Crippen LogP contribution is 2.18. The number of pyridine rings is 1. The van der Waals surface area contributed by atoms with Gasteiger partial charge >= 0.3 is 0 Å². The van der Waals surface area contributed by atoms with Crippen LogP contribution in [0.3, 0.4) is 0 Å². The third-order valence-electron chi connectivity index (χ3n) is 2.85. The summed E-state index contributed by atoms with van der Waals surface area (Å²) in [5, 5.41) is 13.8. The smallest absolute Gasteiger partial charge is 0.276 e. The van der Waals surface area contributed by atoms with Crippen LogP contribution in [0.2, 0.25) is 0 Å². The van der Waals surface area contributed by atoms with Crippen LogP contribution in [0.5, 0.6) is 5.88 Å². The van der Waals surface area contributed by atoms with Crippen molar-refractivity contribution in [1.29, 1.82) is 0 Å². The van der Waals surface area contributed by atoms with Crippen LogP contribution in [0.1, 0.15) is 12.8 Å². The Morgan fingerprint density at radius 2 is 2.29 bits per heavy atom. The van der Waals surface area contributed by atoms with Gasteiger partial charge in [0, 0.05) is 12.3 Å². The minimum atomic E-state index is -0.445. The van der Waals surface area contributed by atoms with Crippen LogP contribution in [-0.4, -0.2) is 29.6 Å². The van der Waals surface area contributed by atoms with Crippen molar-refractivity contribution >= 4 is 5.69 Å². The molecule has 1 aliphatic heterocycles. The number of nitro groups is 1. The fourth-order valence-corrected chi connectivity index (χ4v) is 1.84. The number of piperidine rings is 1. The van der Waals surface area contributed by atoms with E-state index in [0.29, 0.717) is 18.4 Å². The van der Waals surface area contributed by atoms with Gasteiger partial charge in [0.2, 0.25) is 5.88 Å². The van der Waals surface area contributed by atoms with Crippen molar-refractivity contribution in [2.75, 3.05) is 19.7 Å². The average molecular weight is 237 g/mol. The zero-order chi connectivity index (χ0) is 12.1. The normalized spacial score (nSPS) is 16.7. The predicted molar refractivity (Wildman–Crippen MR) is 62.0 cm³/mol. The van der Waals surface area contributed by atoms with Crippen molar-refractivity contribution < 1.29 is 9.66 Å². The van der Waals surface area contributed by atoms with Gasteiger partial charge in [0.1, 0.15) is 0 Å². The second-order valence-electron chi connectivity index (χ2n) is 4.11. The molecule has 1 aliphatic rings. The van der Waals surface area contributed by atoms with Gasteiger partial charge in [-0.05, 0) is 31.8 Å². The molecule has 1 aromatic rings. The van der Waals surface area contributed by atoms with E-state index in [-0.39, 0.29) is 5.69 Å². The van der Waals surface area contributed by atoms with Crippen molar-refractivity contribution in [3.8, 4) is 5.88 Å². The molecule has 0 aliphatic carbocycles. The largest absolute Gasteiger partial charge is 0.477 e. The van der Waals surface area contributed by atoms with Crippen LogP contribution in [0, 0.1) is 16.0 Å². The van der Waals surface area contributed by atoms with Crippen molar-refractivity contribution in [3.05, 3.63) is 28.4 Å². The van der Waals surface area contributed by atoms with Gasteiger partial charge in [-0.15, -0.1) is 0 Å². The van der Waals surface area contributed by atoms with E-state index in [1.807, 2.05) is 0 Å². The molecule has 92 valence electrons. The molecule has 1 fully saturated rings. The van der Waals surface area contributed by atoms with E-state index < -0.39 is 4.92 Å². The summed E-state index contributed by atoms with van der Waals surface area (Å²) in [6.07, 6.45) is 3.56. The van der Waals surface area contributed by atoms with Crippen LogP contribution in [0.4, 0.5) is 5.69 Å². The molecule has 0 unspecified atom stereocenters. The second kappa shape index (κ2) is 5.58. The predicted octanol–water partition coefficient (Wildman–Crippen LogP) is 1.37. The Hall–Kier alpha value is -1.69. The van der Waals surface area contributed by atoms with Gasteiger partial charge in [0.15, 0.2) is 0 Å². The maximum absolute atomic E-state index is 10.6. The lowest BCUT2D eigenvalue weighted by atomic mass is 9.99. The van der Waals surface area contributed by atoms with Crippen molar-refractivity contribution in [2.24, 2.45) is 5.92 Å². The Morgan fingerprint density at radius 1 is 1.53 bits per heavy atom. The molecule has 2 rings (SSSR count). The SMILES string of the molecule is O=[N+]([O-])c1ccnc(OCC2CCNCC2)c1. The van der Waals surface area contributed by atoms with E-state index >= 15 is 0 Å². The summed E-state index contributed by atoms with van der Waals surface area (Å²) in [7, 11) is 0. The fraction of sp³-hybridized carbons (Fsp3) is 0.545. The number of ether oxygens (including phenoxy) is 1. The number of hydrogen-bond acceptors (Lipinski definition) is 5. The zero-order valence-corrected chi connectivity index (χ0v) is 9.46. The van der Waals surface area contributed by atoms with E-state index in [1.165, 1.54) is 18.3 Å². The van der Waals surface area contributed by atoms with Gasteiger partial charge in [0.05, 0.1) is 17.6 Å². The first kappa shape index (κ1) is 11.8. The van der Waals surface area contributed by atoms with Crippen molar-refractivity contribution in [1.82, 2.24) is 10.3 Å². The van der Waals surface area contributed by atoms with Crippen LogP contribution >= 0.6 is 0 Å². The standard InChI is InChI=1S/C11H15N3O3/c15-14(16)10-3-6-13-11(7-10)17-8-9-1-4-12-5-2-9/h3,6-7,9,12H,1-2,4-5,8H2. The lowest BCUT2D eigenvalue weighted by Gasteiger charge is -2.22. The molecule has 0 radical (unpaired) electrons. The van der Waals surface area contributed by atoms with Crippen LogP contribution in [-0.2, 0) is 0 Å². The molecular formula is C11H15N3O3. The van der Waals surface area contributed by atoms with Gasteiger partial charge in [-0.25, -0.2) is 4.98 Å². The van der Waals surface area contributed by atoms with Crippen molar-refractivity contribution in [2.45, 2.75) is 12.8 Å². The van der Waals surface area contributed by atoms with Crippen molar-refractivity contribution in [3.63, 3.8) is 0 Å². The second-order valence-corrected chi connectivity index (χ2v) is 4.11. The molecule has 6 heteroatoms. The number of nitrogens with zero attached hydrogens (tertiary/aromatic N) is 2. The molecule has 0 amide bonds. The minimum absolute atomic E-state index is 0.0142. The molecule has 0 bridgehead atoms. The lowest BCUT2D eigenvalue weighted by Crippen LogP contribution is -2.30. The van der Waals surface area contributed by atoms with Crippen LogP contribution in [0.25, 0.3) is 0 Å². The Morgan fingerprint density at radius 3 is 3.00 bits per heavy atom. The summed E-state index contributed by atoms with van der Waals surface area (Å²) in [6, 6.07) is 2.72. The Bertz CT molecular complexity index is 391. The van der Waals surface area contributed by atoms with Gasteiger partial charge in [-0.3, -0.25) is 10.1 Å². The fourth-order valence-electron chi connectivity index (χ4n) is 1.84. The number of aromatic nitrogens is 1. The Balaban J connectivity index is 1.89. The molecule has 1 N–H and O–H groups in total. The zero-order valence-electron chi connectivity index (χ0n) is 9.46. The highest BCUT2D eigenvalue weighted by Gasteiger charge is 2.14. The highest BCUT2D eigenvalue weighted by molar-refractivity contribution is 5.32. The number of nitrogens with one attached hydrogen (secondary N) is 1. The first-order valence-electron chi connectivity index (χ1n) is 5.69. The maximum atomic E-state index is 10.6. The molecule has 0 spiro atoms. The van der Waals surface area contributed by atoms with E-state index in [9.17, 15) is 10.1 Å². The van der Waals surface area contributed by atoms with E-state index in [0.717, 1.165) is 25.9 Å². The molecule has 0 saturated carbocycles. The lowest BCUT2D eigenvalue weighted by molar-refractivity contribution is -0.385. The summed E-state index contributed by atoms with van der Waals surface area (Å²) in [4.78, 5) is 14.1. The molecule has 0 atom stereocenters. The van der Waals surface area contributed by atoms with Gasteiger partial charge < -0.3 is 10.1 Å². The van der Waals surface area contributed by atoms with E-state index in [2.05, 4.69) is 10.3 Å². The Kier molecular flexibility index (Phi) is 3.87. The minimum Gasteiger partial charge on any atom is -0.477 e. The quantitative estimate of drug-likeness (QED) is 0.632. The first-order chi connectivity index (χ1) is 8.25. The van der Waals surface area contributed by atoms with Gasteiger partial charge in [-0.1, -0.05) is 0 Å². The third-order valence-corrected chi connectivity index (χ3v) is 2.85. The topological polar surface area (TPSA) is 77.3 Å². The van der Waals surface area contributed by atoms with Crippen LogP contribution in [0.15, 0.2) is 18.3 Å². The Labute approximate surface area is 99.2 Å². The summed E-state index contributed by atoms with van der Waals surface area (Å²) in [6.45, 7) is 2.60. The molecule has 2 heterocycles. The molecule has 17 heavy (non-hydrogen) atoms. The first-order valence-corrected chi connectivity index (χ1v) is 5.69. The number of rotatable bonds is 4. The summed E-state index contributed by atoms with van der Waals surface area (Å²) in [5.41, 5.74) is 0.0142. The van der Waals surface area contributed by atoms with E-state index in [1.54, 1.807) is 0 Å².